The number of carbonyl (C=O) groups excluding carboxylic acids is 2. The summed E-state index contributed by atoms with van der Waals surface area (Å²) >= 11 is 0. The molecule has 5 atom stereocenters. The van der Waals surface area contributed by atoms with Crippen LogP contribution in [0.25, 0.3) is 6.08 Å². The van der Waals surface area contributed by atoms with Crippen LogP contribution < -0.4 is 56.5 Å². The maximum atomic E-state index is 12.4. The minimum absolute atomic E-state index is 0. The molecule has 1 amide bonds. The summed E-state index contributed by atoms with van der Waals surface area (Å²) in [6, 6.07) is 3.53. The Kier molecular flexibility index (Phi) is 6.40. The average molecular weight is 392 g/mol. The van der Waals surface area contributed by atoms with E-state index in [0.717, 1.165) is 30.4 Å². The number of nitrogens with zero attached hydrogens (tertiary/aromatic N) is 2. The van der Waals surface area contributed by atoms with Crippen molar-refractivity contribution >= 4 is 18.0 Å². The second-order valence-corrected chi connectivity index (χ2v) is 7.34. The Bertz CT molecular complexity index is 805. The van der Waals surface area contributed by atoms with Crippen LogP contribution in [0, 0.1) is 17.8 Å². The van der Waals surface area contributed by atoms with Crippen molar-refractivity contribution in [2.24, 2.45) is 17.8 Å². The number of aliphatic hydroxyl groups excluding tert-OH is 1. The molecule has 0 spiro atoms. The number of carbonyl (C=O) groups is 2. The number of β-lactam (4-membered cyclic amide) rings is 1. The van der Waals surface area contributed by atoms with E-state index < -0.39 is 18.0 Å². The molecule has 3 aliphatic rings. The molecular weight excluding hydrogens is 371 g/mol. The number of fused-ring (bicyclic) bond motifs is 3. The van der Waals surface area contributed by atoms with Gasteiger partial charge in [0.25, 0.3) is 0 Å². The van der Waals surface area contributed by atoms with Crippen LogP contribution >= 0.6 is 0 Å². The number of allylic oxidation sites excluding steroid dienone is 1. The monoisotopic (exact) mass is 392 g/mol. The Balaban J connectivity index is 0.00000210. The first kappa shape index (κ1) is 20.9. The molecule has 1 saturated carbocycles. The largest absolute Gasteiger partial charge is 1.00 e. The molecule has 2 fully saturated rings. The first-order valence-electron chi connectivity index (χ1n) is 9.05. The number of aliphatic carboxylic acids is 1. The number of aromatic nitrogens is 1. The predicted molar refractivity (Wildman–Crippen MR) is 91.9 cm³/mol. The zero-order chi connectivity index (χ0) is 18.4. The minimum atomic E-state index is -1.30. The molecule has 2 aliphatic heterocycles. The van der Waals surface area contributed by atoms with Crippen LogP contribution in [0.4, 0.5) is 0 Å². The minimum Gasteiger partial charge on any atom is -0.543 e. The van der Waals surface area contributed by atoms with Crippen molar-refractivity contribution in [1.29, 1.82) is 0 Å². The molecule has 1 saturated heterocycles. The molecule has 1 N–H and O–H groups in total. The van der Waals surface area contributed by atoms with Gasteiger partial charge in [-0.3, -0.25) is 9.78 Å². The number of rotatable bonds is 4. The molecule has 7 heteroatoms. The molecule has 6 nitrogen and oxygen atoms in total. The van der Waals surface area contributed by atoms with E-state index >= 15 is 0 Å². The molecule has 1 aromatic heterocycles. The fourth-order valence-corrected chi connectivity index (χ4v) is 4.82. The number of carboxylic acids is 1. The first-order chi connectivity index (χ1) is 12.5. The average Bonchev–Trinajstić information content (AvgIpc) is 2.92. The van der Waals surface area contributed by atoms with Crippen molar-refractivity contribution in [3.8, 4) is 0 Å². The van der Waals surface area contributed by atoms with Gasteiger partial charge in [-0.05, 0) is 43.0 Å². The molecule has 4 rings (SSSR count). The molecule has 1 aliphatic carbocycles. The van der Waals surface area contributed by atoms with E-state index in [1.807, 2.05) is 24.3 Å². The smallest absolute Gasteiger partial charge is 0.543 e. The summed E-state index contributed by atoms with van der Waals surface area (Å²) in [5.74, 6) is -2.17. The van der Waals surface area contributed by atoms with E-state index in [1.54, 1.807) is 19.3 Å². The molecule has 27 heavy (non-hydrogen) atoms. The van der Waals surface area contributed by atoms with Gasteiger partial charge in [-0.25, -0.2) is 0 Å². The number of amides is 1. The molecule has 136 valence electrons. The van der Waals surface area contributed by atoms with Gasteiger partial charge in [0.2, 0.25) is 5.91 Å². The van der Waals surface area contributed by atoms with Crippen molar-refractivity contribution in [1.82, 2.24) is 9.88 Å². The zero-order valence-corrected chi connectivity index (χ0v) is 18.7. The summed E-state index contributed by atoms with van der Waals surface area (Å²) in [4.78, 5) is 29.6. The molecule has 0 aromatic carbocycles. The molecule has 0 bridgehead atoms. The van der Waals surface area contributed by atoms with Gasteiger partial charge in [-0.1, -0.05) is 18.6 Å². The number of hydrogen-bond acceptors (Lipinski definition) is 5. The van der Waals surface area contributed by atoms with Crippen molar-refractivity contribution < 1.29 is 71.2 Å². The van der Waals surface area contributed by atoms with Crippen LogP contribution in [0.15, 0.2) is 41.9 Å². The predicted octanol–water partition coefficient (Wildman–Crippen LogP) is -2.26. The van der Waals surface area contributed by atoms with Gasteiger partial charge in [0.15, 0.2) is 0 Å². The van der Waals surface area contributed by atoms with Gasteiger partial charge in [0.05, 0.1) is 29.7 Å². The topological polar surface area (TPSA) is 93.6 Å². The normalized spacial score (nSPS) is 30.4. The zero-order valence-electron chi connectivity index (χ0n) is 15.5. The summed E-state index contributed by atoms with van der Waals surface area (Å²) in [7, 11) is 0. The van der Waals surface area contributed by atoms with Crippen LogP contribution in [0.1, 0.15) is 31.7 Å². The Morgan fingerprint density at radius 2 is 2.07 bits per heavy atom. The molecular formula is C20H21KN2O4. The van der Waals surface area contributed by atoms with Crippen LogP contribution in [0.2, 0.25) is 0 Å². The fourth-order valence-electron chi connectivity index (χ4n) is 4.82. The summed E-state index contributed by atoms with van der Waals surface area (Å²) in [6.45, 7) is 1.60. The summed E-state index contributed by atoms with van der Waals surface area (Å²) in [5, 5.41) is 21.8. The summed E-state index contributed by atoms with van der Waals surface area (Å²) < 4.78 is 0. The second kappa shape index (κ2) is 8.27. The third kappa shape index (κ3) is 3.49. The second-order valence-electron chi connectivity index (χ2n) is 7.34. The summed E-state index contributed by atoms with van der Waals surface area (Å²) in [5.41, 5.74) is 1.82. The fraction of sp³-hybridized carbons (Fsp3) is 0.450. The maximum absolute atomic E-state index is 12.4. The molecule has 1 aromatic rings. The van der Waals surface area contributed by atoms with E-state index in [0.29, 0.717) is 0 Å². The third-order valence-corrected chi connectivity index (χ3v) is 5.88. The summed E-state index contributed by atoms with van der Waals surface area (Å²) in [6.07, 6.45) is 9.28. The Morgan fingerprint density at radius 3 is 2.70 bits per heavy atom. The van der Waals surface area contributed by atoms with Crippen LogP contribution in [-0.2, 0) is 9.59 Å². The van der Waals surface area contributed by atoms with Crippen LogP contribution in [0.3, 0.4) is 0 Å². The van der Waals surface area contributed by atoms with Gasteiger partial charge in [0.1, 0.15) is 0 Å². The SMILES string of the molecule is C[C@@H](O)[C@H]1C(=O)N2C(C(=O)[O-])=C3[C@@H](/C=C\c4ccncc4)CCC[C@@H]3[C@H]12.[K+]. The first-order valence-corrected chi connectivity index (χ1v) is 9.05. The Labute approximate surface area is 200 Å². The van der Waals surface area contributed by atoms with Crippen molar-refractivity contribution in [2.45, 2.75) is 38.3 Å². The molecule has 0 unspecified atom stereocenters. The van der Waals surface area contributed by atoms with E-state index in [-0.39, 0.29) is 80.9 Å². The third-order valence-electron chi connectivity index (χ3n) is 5.88. The standard InChI is InChI=1S/C20H22N2O4.K/c1-11(23)15-17-14-4-2-3-13(6-5-12-7-9-21-10-8-12)16(14)18(20(25)26)22(17)19(15)24;/h5-11,13-15,17,23H,2-4H2,1H3,(H,25,26);/q;+1/p-1/b6-5-;/t11-,13-,14+,15-,17-;/m1./s1. The van der Waals surface area contributed by atoms with Crippen molar-refractivity contribution in [2.75, 3.05) is 0 Å². The number of hydrogen-bond donors (Lipinski definition) is 1. The number of aliphatic hydroxyl groups is 1. The Hall–Kier alpha value is -0.834. The van der Waals surface area contributed by atoms with E-state index in [9.17, 15) is 19.8 Å². The van der Waals surface area contributed by atoms with Crippen molar-refractivity contribution in [3.05, 3.63) is 47.4 Å². The molecule has 3 heterocycles. The maximum Gasteiger partial charge on any atom is 1.00 e. The van der Waals surface area contributed by atoms with Gasteiger partial charge < -0.3 is 19.9 Å². The van der Waals surface area contributed by atoms with Gasteiger partial charge in [0, 0.05) is 24.2 Å². The van der Waals surface area contributed by atoms with Crippen LogP contribution in [-0.4, -0.2) is 39.0 Å². The number of pyridine rings is 1. The van der Waals surface area contributed by atoms with Crippen LogP contribution in [0.5, 0.6) is 0 Å². The Morgan fingerprint density at radius 1 is 1.37 bits per heavy atom. The van der Waals surface area contributed by atoms with Crippen molar-refractivity contribution in [3.63, 3.8) is 0 Å². The quantitative estimate of drug-likeness (QED) is 0.461. The van der Waals surface area contributed by atoms with E-state index in [2.05, 4.69) is 4.98 Å². The van der Waals surface area contributed by atoms with E-state index in [1.165, 1.54) is 4.90 Å². The van der Waals surface area contributed by atoms with E-state index in [4.69, 9.17) is 0 Å². The van der Waals surface area contributed by atoms with Gasteiger partial charge in [-0.15, -0.1) is 0 Å². The van der Waals surface area contributed by atoms with Gasteiger partial charge in [-0.2, -0.15) is 0 Å². The molecule has 0 radical (unpaired) electrons. The van der Waals surface area contributed by atoms with Gasteiger partial charge >= 0.3 is 51.4 Å². The number of carboxylic acid groups (broad SMARTS) is 1.